The number of rotatable bonds is 5. The first-order valence-corrected chi connectivity index (χ1v) is 7.62. The maximum absolute atomic E-state index is 13.5. The highest BCUT2D eigenvalue weighted by molar-refractivity contribution is 5.90. The Hall–Kier alpha value is -1.46. The van der Waals surface area contributed by atoms with Crippen LogP contribution in [0.1, 0.15) is 32.6 Å². The molecule has 21 heavy (non-hydrogen) atoms. The number of hydrogen-bond acceptors (Lipinski definition) is 3. The number of benzene rings is 1. The number of piperidine rings is 1. The van der Waals surface area contributed by atoms with Crippen molar-refractivity contribution in [2.24, 2.45) is 5.73 Å². The molecule has 0 bridgehead atoms. The van der Waals surface area contributed by atoms with Gasteiger partial charge in [0.05, 0.1) is 5.69 Å². The lowest BCUT2D eigenvalue weighted by Gasteiger charge is -2.40. The molecule has 1 aromatic carbocycles. The van der Waals surface area contributed by atoms with Crippen molar-refractivity contribution in [1.82, 2.24) is 4.90 Å². The summed E-state index contributed by atoms with van der Waals surface area (Å²) in [7, 11) is 0. The molecule has 0 saturated carbocycles. The lowest BCUT2D eigenvalue weighted by Crippen LogP contribution is -2.49. The summed E-state index contributed by atoms with van der Waals surface area (Å²) in [6.45, 7) is 3.47. The summed E-state index contributed by atoms with van der Waals surface area (Å²) < 4.78 is 13.5. The van der Waals surface area contributed by atoms with Crippen LogP contribution in [0, 0.1) is 5.82 Å². The van der Waals surface area contributed by atoms with Gasteiger partial charge in [0, 0.05) is 31.6 Å². The highest BCUT2D eigenvalue weighted by Gasteiger charge is 2.26. The van der Waals surface area contributed by atoms with E-state index in [1.54, 1.807) is 18.2 Å². The minimum Gasteiger partial charge on any atom is -0.329 e. The van der Waals surface area contributed by atoms with E-state index in [9.17, 15) is 9.18 Å². The Morgan fingerprint density at radius 2 is 2.19 bits per heavy atom. The summed E-state index contributed by atoms with van der Waals surface area (Å²) in [4.78, 5) is 14.3. The van der Waals surface area contributed by atoms with Crippen LogP contribution >= 0.6 is 0 Å². The normalized spacial score (nSPS) is 23.0. The van der Waals surface area contributed by atoms with Crippen molar-refractivity contribution in [3.8, 4) is 0 Å². The number of carbonyl (C=O) groups is 1. The Labute approximate surface area is 125 Å². The van der Waals surface area contributed by atoms with E-state index in [1.165, 1.54) is 12.5 Å². The molecule has 1 fully saturated rings. The third-order valence-corrected chi connectivity index (χ3v) is 4.21. The van der Waals surface area contributed by atoms with E-state index in [0.29, 0.717) is 31.6 Å². The van der Waals surface area contributed by atoms with Gasteiger partial charge in [0.15, 0.2) is 0 Å². The second-order valence-electron chi connectivity index (χ2n) is 5.69. The Kier molecular flexibility index (Phi) is 5.70. The highest BCUT2D eigenvalue weighted by atomic mass is 19.1. The number of halogens is 1. The number of nitrogens with two attached hydrogens (primary N) is 1. The molecule has 2 atom stereocenters. The van der Waals surface area contributed by atoms with Gasteiger partial charge >= 0.3 is 0 Å². The second kappa shape index (κ2) is 7.52. The molecular formula is C16H24FN3O. The molecule has 2 rings (SSSR count). The van der Waals surface area contributed by atoms with E-state index in [0.717, 1.165) is 12.8 Å². The first kappa shape index (κ1) is 15.9. The van der Waals surface area contributed by atoms with E-state index < -0.39 is 5.82 Å². The largest absolute Gasteiger partial charge is 0.329 e. The zero-order valence-corrected chi connectivity index (χ0v) is 12.5. The summed E-state index contributed by atoms with van der Waals surface area (Å²) in [6.07, 6.45) is 3.79. The maximum atomic E-state index is 13.5. The number of nitrogens with one attached hydrogen (secondary N) is 1. The van der Waals surface area contributed by atoms with E-state index in [4.69, 9.17) is 5.73 Å². The molecule has 5 heteroatoms. The standard InChI is InChI=1S/C16H24FN3O/c1-12-5-4-6-13(11-18)20(12)10-9-16(21)19-15-8-3-2-7-14(15)17/h2-3,7-8,12-13H,4-6,9-11,18H2,1H3,(H,19,21). The molecular weight excluding hydrogens is 269 g/mol. The van der Waals surface area contributed by atoms with Gasteiger partial charge < -0.3 is 11.1 Å². The Morgan fingerprint density at radius 1 is 1.43 bits per heavy atom. The molecule has 1 heterocycles. The van der Waals surface area contributed by atoms with E-state index in [2.05, 4.69) is 17.1 Å². The number of amides is 1. The van der Waals surface area contributed by atoms with E-state index in [1.807, 2.05) is 0 Å². The minimum atomic E-state index is -0.406. The zero-order chi connectivity index (χ0) is 15.2. The summed E-state index contributed by atoms with van der Waals surface area (Å²) in [5.74, 6) is -0.564. The van der Waals surface area contributed by atoms with Crippen LogP contribution in [0.25, 0.3) is 0 Å². The molecule has 1 amide bonds. The van der Waals surface area contributed by atoms with Crippen LogP contribution in [-0.4, -0.2) is 36.0 Å². The predicted octanol–water partition coefficient (Wildman–Crippen LogP) is 2.36. The van der Waals surface area contributed by atoms with Crippen molar-refractivity contribution in [2.75, 3.05) is 18.4 Å². The van der Waals surface area contributed by atoms with Crippen LogP contribution in [0.2, 0.25) is 0 Å². The molecule has 1 saturated heterocycles. The van der Waals surface area contributed by atoms with Gasteiger partial charge in [-0.1, -0.05) is 18.6 Å². The fourth-order valence-corrected chi connectivity index (χ4v) is 3.00. The number of likely N-dealkylation sites (tertiary alicyclic amines) is 1. The fourth-order valence-electron chi connectivity index (χ4n) is 3.00. The molecule has 2 unspecified atom stereocenters. The monoisotopic (exact) mass is 293 g/mol. The molecule has 116 valence electrons. The lowest BCUT2D eigenvalue weighted by atomic mass is 9.96. The molecule has 0 radical (unpaired) electrons. The minimum absolute atomic E-state index is 0.159. The molecule has 4 nitrogen and oxygen atoms in total. The second-order valence-corrected chi connectivity index (χ2v) is 5.69. The third-order valence-electron chi connectivity index (χ3n) is 4.21. The van der Waals surface area contributed by atoms with Crippen molar-refractivity contribution < 1.29 is 9.18 Å². The average molecular weight is 293 g/mol. The predicted molar refractivity (Wildman–Crippen MR) is 82.5 cm³/mol. The van der Waals surface area contributed by atoms with Gasteiger partial charge in [-0.3, -0.25) is 9.69 Å². The van der Waals surface area contributed by atoms with Crippen LogP contribution in [0.3, 0.4) is 0 Å². The molecule has 0 aromatic heterocycles. The summed E-state index contributed by atoms with van der Waals surface area (Å²) in [5.41, 5.74) is 6.05. The Morgan fingerprint density at radius 3 is 2.90 bits per heavy atom. The number of anilines is 1. The molecule has 3 N–H and O–H groups in total. The average Bonchev–Trinajstić information content (AvgIpc) is 2.48. The Balaban J connectivity index is 1.87. The first-order chi connectivity index (χ1) is 10.1. The molecule has 0 aliphatic carbocycles. The van der Waals surface area contributed by atoms with Crippen molar-refractivity contribution >= 4 is 11.6 Å². The van der Waals surface area contributed by atoms with Gasteiger partial charge in [-0.05, 0) is 31.9 Å². The first-order valence-electron chi connectivity index (χ1n) is 7.62. The third kappa shape index (κ3) is 4.25. The van der Waals surface area contributed by atoms with Gasteiger partial charge in [-0.15, -0.1) is 0 Å². The van der Waals surface area contributed by atoms with E-state index >= 15 is 0 Å². The van der Waals surface area contributed by atoms with Crippen molar-refractivity contribution in [1.29, 1.82) is 0 Å². The van der Waals surface area contributed by atoms with Crippen LogP contribution in [0.4, 0.5) is 10.1 Å². The fraction of sp³-hybridized carbons (Fsp3) is 0.562. The smallest absolute Gasteiger partial charge is 0.225 e. The lowest BCUT2D eigenvalue weighted by molar-refractivity contribution is -0.116. The molecule has 1 aromatic rings. The summed E-state index contributed by atoms with van der Waals surface area (Å²) in [6, 6.07) is 7.03. The zero-order valence-electron chi connectivity index (χ0n) is 12.5. The quantitative estimate of drug-likeness (QED) is 0.876. The van der Waals surface area contributed by atoms with Gasteiger partial charge in [0.25, 0.3) is 0 Å². The van der Waals surface area contributed by atoms with Gasteiger partial charge in [0.1, 0.15) is 5.82 Å². The van der Waals surface area contributed by atoms with Gasteiger partial charge in [-0.25, -0.2) is 4.39 Å². The highest BCUT2D eigenvalue weighted by Crippen LogP contribution is 2.22. The van der Waals surface area contributed by atoms with Crippen molar-refractivity contribution in [3.05, 3.63) is 30.1 Å². The van der Waals surface area contributed by atoms with E-state index in [-0.39, 0.29) is 11.6 Å². The maximum Gasteiger partial charge on any atom is 0.225 e. The van der Waals surface area contributed by atoms with Crippen LogP contribution in [0.5, 0.6) is 0 Å². The number of nitrogens with zero attached hydrogens (tertiary/aromatic N) is 1. The van der Waals surface area contributed by atoms with Crippen LogP contribution in [0.15, 0.2) is 24.3 Å². The number of hydrogen-bond donors (Lipinski definition) is 2. The molecule has 0 spiro atoms. The van der Waals surface area contributed by atoms with Gasteiger partial charge in [0.2, 0.25) is 5.91 Å². The van der Waals surface area contributed by atoms with Crippen LogP contribution in [-0.2, 0) is 4.79 Å². The number of carbonyl (C=O) groups excluding carboxylic acids is 1. The summed E-state index contributed by atoms with van der Waals surface area (Å²) >= 11 is 0. The SMILES string of the molecule is CC1CCCC(CN)N1CCC(=O)Nc1ccccc1F. The Bertz CT molecular complexity index is 480. The topological polar surface area (TPSA) is 58.4 Å². The summed E-state index contributed by atoms with van der Waals surface area (Å²) in [5, 5.41) is 2.63. The number of para-hydroxylation sites is 1. The van der Waals surface area contributed by atoms with Crippen LogP contribution < -0.4 is 11.1 Å². The van der Waals surface area contributed by atoms with Crippen molar-refractivity contribution in [2.45, 2.75) is 44.7 Å². The van der Waals surface area contributed by atoms with Gasteiger partial charge in [-0.2, -0.15) is 0 Å². The molecule has 1 aliphatic rings. The van der Waals surface area contributed by atoms with Crippen molar-refractivity contribution in [3.63, 3.8) is 0 Å². The molecule has 1 aliphatic heterocycles.